The van der Waals surface area contributed by atoms with Gasteiger partial charge in [-0.1, -0.05) is 20.8 Å². The Morgan fingerprint density at radius 3 is 2.53 bits per heavy atom. The number of nitrogens with one attached hydrogen (secondary N) is 1. The molecular formula is C16H27NO2. The van der Waals surface area contributed by atoms with Crippen molar-refractivity contribution in [2.24, 2.45) is 5.92 Å². The number of benzene rings is 1. The summed E-state index contributed by atoms with van der Waals surface area (Å²) in [6, 6.07) is 5.99. The highest BCUT2D eigenvalue weighted by Gasteiger charge is 2.09. The molecule has 0 bridgehead atoms. The van der Waals surface area contributed by atoms with Gasteiger partial charge >= 0.3 is 0 Å². The normalized spacial score (nSPS) is 12.5. The van der Waals surface area contributed by atoms with Crippen LogP contribution in [0.4, 0.5) is 0 Å². The molecule has 0 aliphatic carbocycles. The SMILES string of the molecule is CCC(C)Oc1ccc(OC)cc1CNCC(C)C. The maximum atomic E-state index is 5.96. The van der Waals surface area contributed by atoms with Crippen molar-refractivity contribution in [3.05, 3.63) is 23.8 Å². The molecule has 0 spiro atoms. The van der Waals surface area contributed by atoms with Gasteiger partial charge in [-0.3, -0.25) is 0 Å². The number of hydrogen-bond acceptors (Lipinski definition) is 3. The van der Waals surface area contributed by atoms with Gasteiger partial charge in [-0.15, -0.1) is 0 Å². The number of ether oxygens (including phenoxy) is 2. The summed E-state index contributed by atoms with van der Waals surface area (Å²) in [6.45, 7) is 10.4. The third-order valence-electron chi connectivity index (χ3n) is 3.04. The van der Waals surface area contributed by atoms with E-state index >= 15 is 0 Å². The van der Waals surface area contributed by atoms with E-state index in [4.69, 9.17) is 9.47 Å². The third kappa shape index (κ3) is 5.52. The van der Waals surface area contributed by atoms with Crippen molar-refractivity contribution < 1.29 is 9.47 Å². The summed E-state index contributed by atoms with van der Waals surface area (Å²) in [7, 11) is 1.69. The summed E-state index contributed by atoms with van der Waals surface area (Å²) >= 11 is 0. The van der Waals surface area contributed by atoms with Crippen LogP contribution >= 0.6 is 0 Å². The standard InChI is InChI=1S/C16H27NO2/c1-6-13(4)19-16-8-7-15(18-5)9-14(16)11-17-10-12(2)3/h7-9,12-13,17H,6,10-11H2,1-5H3. The van der Waals surface area contributed by atoms with Crippen LogP contribution in [0.5, 0.6) is 11.5 Å². The van der Waals surface area contributed by atoms with Gasteiger partial charge in [0.25, 0.3) is 0 Å². The molecule has 1 aromatic carbocycles. The molecule has 0 aliphatic heterocycles. The lowest BCUT2D eigenvalue weighted by molar-refractivity contribution is 0.214. The molecule has 3 heteroatoms. The Labute approximate surface area is 117 Å². The molecule has 1 aromatic rings. The zero-order valence-electron chi connectivity index (χ0n) is 12.8. The van der Waals surface area contributed by atoms with Crippen molar-refractivity contribution in [1.29, 1.82) is 0 Å². The highest BCUT2D eigenvalue weighted by atomic mass is 16.5. The van der Waals surface area contributed by atoms with E-state index in [1.165, 1.54) is 0 Å². The van der Waals surface area contributed by atoms with Crippen molar-refractivity contribution in [2.45, 2.75) is 46.8 Å². The van der Waals surface area contributed by atoms with Crippen LogP contribution < -0.4 is 14.8 Å². The summed E-state index contributed by atoms with van der Waals surface area (Å²) in [6.07, 6.45) is 1.24. The highest BCUT2D eigenvalue weighted by molar-refractivity contribution is 5.40. The van der Waals surface area contributed by atoms with Crippen molar-refractivity contribution >= 4 is 0 Å². The van der Waals surface area contributed by atoms with E-state index in [2.05, 4.69) is 33.0 Å². The second-order valence-electron chi connectivity index (χ2n) is 5.34. The molecule has 0 saturated carbocycles. The average Bonchev–Trinajstić information content (AvgIpc) is 2.39. The van der Waals surface area contributed by atoms with Crippen molar-refractivity contribution in [3.8, 4) is 11.5 Å². The minimum Gasteiger partial charge on any atom is -0.497 e. The molecule has 108 valence electrons. The van der Waals surface area contributed by atoms with Gasteiger partial charge in [0.1, 0.15) is 11.5 Å². The zero-order chi connectivity index (χ0) is 14.3. The van der Waals surface area contributed by atoms with Crippen LogP contribution in [0.2, 0.25) is 0 Å². The van der Waals surface area contributed by atoms with E-state index in [0.29, 0.717) is 5.92 Å². The molecule has 1 rings (SSSR count). The van der Waals surface area contributed by atoms with Gasteiger partial charge in [-0.2, -0.15) is 0 Å². The fourth-order valence-electron chi connectivity index (χ4n) is 1.73. The van der Waals surface area contributed by atoms with Gasteiger partial charge in [-0.25, -0.2) is 0 Å². The Bertz CT molecular complexity index is 377. The first kappa shape index (κ1) is 15.8. The number of hydrogen-bond donors (Lipinski definition) is 1. The van der Waals surface area contributed by atoms with Crippen LogP contribution in [0.3, 0.4) is 0 Å². The van der Waals surface area contributed by atoms with E-state index < -0.39 is 0 Å². The Morgan fingerprint density at radius 1 is 1.21 bits per heavy atom. The van der Waals surface area contributed by atoms with E-state index in [9.17, 15) is 0 Å². The smallest absolute Gasteiger partial charge is 0.124 e. The van der Waals surface area contributed by atoms with Crippen molar-refractivity contribution in [2.75, 3.05) is 13.7 Å². The lowest BCUT2D eigenvalue weighted by Gasteiger charge is -2.17. The summed E-state index contributed by atoms with van der Waals surface area (Å²) in [4.78, 5) is 0. The predicted molar refractivity (Wildman–Crippen MR) is 79.9 cm³/mol. The molecule has 0 radical (unpaired) electrons. The van der Waals surface area contributed by atoms with Crippen LogP contribution in [-0.2, 0) is 6.54 Å². The van der Waals surface area contributed by atoms with Gasteiger partial charge in [0, 0.05) is 12.1 Å². The second-order valence-corrected chi connectivity index (χ2v) is 5.34. The van der Waals surface area contributed by atoms with Gasteiger partial charge in [0.05, 0.1) is 13.2 Å². The van der Waals surface area contributed by atoms with Gasteiger partial charge in [0.2, 0.25) is 0 Å². The quantitative estimate of drug-likeness (QED) is 0.778. The summed E-state index contributed by atoms with van der Waals surface area (Å²) < 4.78 is 11.2. The van der Waals surface area contributed by atoms with Crippen molar-refractivity contribution in [1.82, 2.24) is 5.32 Å². The molecule has 0 saturated heterocycles. The third-order valence-corrected chi connectivity index (χ3v) is 3.04. The Hall–Kier alpha value is -1.22. The second kappa shape index (κ2) is 8.05. The first-order valence-corrected chi connectivity index (χ1v) is 7.11. The summed E-state index contributed by atoms with van der Waals surface area (Å²) in [5.41, 5.74) is 1.15. The first-order chi connectivity index (χ1) is 9.06. The summed E-state index contributed by atoms with van der Waals surface area (Å²) in [5.74, 6) is 2.47. The molecule has 0 aromatic heterocycles. The van der Waals surface area contributed by atoms with E-state index in [-0.39, 0.29) is 6.10 Å². The molecule has 1 unspecified atom stereocenters. The van der Waals surface area contributed by atoms with E-state index in [1.54, 1.807) is 7.11 Å². The Balaban J connectivity index is 2.77. The molecule has 0 amide bonds. The predicted octanol–water partition coefficient (Wildman–Crippen LogP) is 3.62. The molecule has 19 heavy (non-hydrogen) atoms. The molecule has 0 aliphatic rings. The molecule has 0 fully saturated rings. The molecule has 0 heterocycles. The Kier molecular flexibility index (Phi) is 6.71. The molecular weight excluding hydrogens is 238 g/mol. The largest absolute Gasteiger partial charge is 0.497 e. The lowest BCUT2D eigenvalue weighted by Crippen LogP contribution is -2.20. The minimum absolute atomic E-state index is 0.234. The Morgan fingerprint density at radius 2 is 1.95 bits per heavy atom. The van der Waals surface area contributed by atoms with Crippen molar-refractivity contribution in [3.63, 3.8) is 0 Å². The van der Waals surface area contributed by atoms with E-state index in [0.717, 1.165) is 36.6 Å². The molecule has 1 N–H and O–H groups in total. The maximum Gasteiger partial charge on any atom is 0.124 e. The van der Waals surface area contributed by atoms with Crippen LogP contribution in [-0.4, -0.2) is 19.8 Å². The van der Waals surface area contributed by atoms with Gasteiger partial charge in [0.15, 0.2) is 0 Å². The fourth-order valence-corrected chi connectivity index (χ4v) is 1.73. The lowest BCUT2D eigenvalue weighted by atomic mass is 10.1. The van der Waals surface area contributed by atoms with Crippen LogP contribution in [0.25, 0.3) is 0 Å². The van der Waals surface area contributed by atoms with Crippen LogP contribution in [0, 0.1) is 5.92 Å². The van der Waals surface area contributed by atoms with Crippen LogP contribution in [0.1, 0.15) is 39.7 Å². The fraction of sp³-hybridized carbons (Fsp3) is 0.625. The number of methoxy groups -OCH3 is 1. The van der Waals surface area contributed by atoms with Gasteiger partial charge in [-0.05, 0) is 44.0 Å². The molecule has 3 nitrogen and oxygen atoms in total. The van der Waals surface area contributed by atoms with Gasteiger partial charge < -0.3 is 14.8 Å². The van der Waals surface area contributed by atoms with E-state index in [1.807, 2.05) is 18.2 Å². The summed E-state index contributed by atoms with van der Waals surface area (Å²) in [5, 5.41) is 3.45. The monoisotopic (exact) mass is 265 g/mol. The maximum absolute atomic E-state index is 5.96. The highest BCUT2D eigenvalue weighted by Crippen LogP contribution is 2.25. The zero-order valence-corrected chi connectivity index (χ0v) is 12.8. The first-order valence-electron chi connectivity index (χ1n) is 7.11. The molecule has 1 atom stereocenters. The number of rotatable bonds is 8. The topological polar surface area (TPSA) is 30.5 Å². The minimum atomic E-state index is 0.234. The average molecular weight is 265 g/mol. The van der Waals surface area contributed by atoms with Crippen LogP contribution in [0.15, 0.2) is 18.2 Å².